The molecule has 0 bridgehead atoms. The first kappa shape index (κ1) is 15.5. The molecule has 118 valence electrons. The number of para-hydroxylation sites is 1. The number of rotatable bonds is 3. The zero-order valence-corrected chi connectivity index (χ0v) is 13.4. The zero-order valence-electron chi connectivity index (χ0n) is 12.6. The lowest BCUT2D eigenvalue weighted by atomic mass is 10.2. The van der Waals surface area contributed by atoms with Crippen molar-refractivity contribution < 1.29 is 8.42 Å². The Labute approximate surface area is 136 Å². The summed E-state index contributed by atoms with van der Waals surface area (Å²) in [7, 11) is -3.50. The van der Waals surface area contributed by atoms with Crippen LogP contribution < -0.4 is 4.90 Å². The second kappa shape index (κ2) is 6.41. The van der Waals surface area contributed by atoms with Crippen molar-refractivity contribution in [3.05, 3.63) is 60.2 Å². The minimum absolute atomic E-state index is 0.240. The van der Waals surface area contributed by atoms with Gasteiger partial charge in [-0.3, -0.25) is 0 Å². The number of hydrogen-bond acceptors (Lipinski definition) is 4. The average Bonchev–Trinajstić information content (AvgIpc) is 2.62. The molecule has 1 heterocycles. The second-order valence-corrected chi connectivity index (χ2v) is 7.30. The molecule has 2 aromatic carbocycles. The molecule has 0 atom stereocenters. The fourth-order valence-electron chi connectivity index (χ4n) is 2.68. The molecule has 0 aromatic heterocycles. The molecule has 0 saturated carbocycles. The Bertz CT molecular complexity index is 803. The fraction of sp³-hybridized carbons (Fsp3) is 0.235. The van der Waals surface area contributed by atoms with Crippen molar-refractivity contribution in [1.82, 2.24) is 4.31 Å². The van der Waals surface area contributed by atoms with Crippen LogP contribution in [0, 0.1) is 11.3 Å². The second-order valence-electron chi connectivity index (χ2n) is 5.36. The van der Waals surface area contributed by atoms with Gasteiger partial charge in [-0.25, -0.2) is 8.42 Å². The van der Waals surface area contributed by atoms with Crippen molar-refractivity contribution in [2.75, 3.05) is 31.1 Å². The summed E-state index contributed by atoms with van der Waals surface area (Å²) in [4.78, 5) is 2.43. The fourth-order valence-corrected chi connectivity index (χ4v) is 4.10. The van der Waals surface area contributed by atoms with Crippen LogP contribution in [0.5, 0.6) is 0 Å². The van der Waals surface area contributed by atoms with E-state index in [0.29, 0.717) is 31.7 Å². The topological polar surface area (TPSA) is 64.4 Å². The van der Waals surface area contributed by atoms with E-state index >= 15 is 0 Å². The molecule has 0 N–H and O–H groups in total. The summed E-state index contributed by atoms with van der Waals surface area (Å²) in [6, 6.07) is 18.1. The van der Waals surface area contributed by atoms with Crippen LogP contribution in [0.2, 0.25) is 0 Å². The van der Waals surface area contributed by atoms with E-state index in [1.54, 1.807) is 0 Å². The number of sulfonamides is 1. The molecule has 0 amide bonds. The standard InChI is InChI=1S/C17H17N3O2S/c18-14-15-6-8-17(9-7-15)23(21,22)20-12-10-19(11-13-20)16-4-2-1-3-5-16/h1-9H,10-13H2. The molecule has 1 aliphatic heterocycles. The molecular weight excluding hydrogens is 310 g/mol. The molecule has 1 saturated heterocycles. The molecule has 5 nitrogen and oxygen atoms in total. The SMILES string of the molecule is N#Cc1ccc(S(=O)(=O)N2CCN(c3ccccc3)CC2)cc1. The Morgan fingerprint density at radius 1 is 0.870 bits per heavy atom. The summed E-state index contributed by atoms with van der Waals surface area (Å²) in [5.74, 6) is 0. The predicted molar refractivity (Wildman–Crippen MR) is 88.6 cm³/mol. The van der Waals surface area contributed by atoms with Crippen LogP contribution in [0.25, 0.3) is 0 Å². The highest BCUT2D eigenvalue weighted by atomic mass is 32.2. The van der Waals surface area contributed by atoms with Crippen molar-refractivity contribution in [2.45, 2.75) is 4.90 Å². The third-order valence-corrected chi connectivity index (χ3v) is 5.89. The molecule has 6 heteroatoms. The van der Waals surface area contributed by atoms with Gasteiger partial charge in [-0.2, -0.15) is 9.57 Å². The minimum Gasteiger partial charge on any atom is -0.369 e. The van der Waals surface area contributed by atoms with E-state index in [2.05, 4.69) is 4.90 Å². The van der Waals surface area contributed by atoms with E-state index in [-0.39, 0.29) is 4.90 Å². The van der Waals surface area contributed by atoms with Crippen molar-refractivity contribution in [3.8, 4) is 6.07 Å². The lowest BCUT2D eigenvalue weighted by Gasteiger charge is -2.35. The molecule has 2 aromatic rings. The van der Waals surface area contributed by atoms with E-state index in [4.69, 9.17) is 5.26 Å². The van der Waals surface area contributed by atoms with Crippen LogP contribution >= 0.6 is 0 Å². The van der Waals surface area contributed by atoms with Crippen LogP contribution in [-0.2, 0) is 10.0 Å². The van der Waals surface area contributed by atoms with Gasteiger partial charge in [0.25, 0.3) is 0 Å². The molecule has 0 aliphatic carbocycles. The number of nitrogens with zero attached hydrogens (tertiary/aromatic N) is 3. The maximum absolute atomic E-state index is 12.7. The predicted octanol–water partition coefficient (Wildman–Crippen LogP) is 2.07. The Balaban J connectivity index is 1.72. The van der Waals surface area contributed by atoms with Crippen LogP contribution in [0.3, 0.4) is 0 Å². The van der Waals surface area contributed by atoms with Gasteiger partial charge in [0.05, 0.1) is 16.5 Å². The molecule has 23 heavy (non-hydrogen) atoms. The molecule has 0 radical (unpaired) electrons. The van der Waals surface area contributed by atoms with Gasteiger partial charge in [0.15, 0.2) is 0 Å². The lowest BCUT2D eigenvalue weighted by molar-refractivity contribution is 0.385. The highest BCUT2D eigenvalue weighted by Gasteiger charge is 2.28. The summed E-state index contributed by atoms with van der Waals surface area (Å²) in [5, 5.41) is 8.80. The summed E-state index contributed by atoms with van der Waals surface area (Å²) < 4.78 is 26.8. The van der Waals surface area contributed by atoms with Gasteiger partial charge in [-0.05, 0) is 36.4 Å². The van der Waals surface area contributed by atoms with Gasteiger partial charge in [0, 0.05) is 31.9 Å². The summed E-state index contributed by atoms with van der Waals surface area (Å²) >= 11 is 0. The van der Waals surface area contributed by atoms with Crippen molar-refractivity contribution in [3.63, 3.8) is 0 Å². The van der Waals surface area contributed by atoms with E-state index in [1.165, 1.54) is 28.6 Å². The van der Waals surface area contributed by atoms with Crippen LogP contribution in [-0.4, -0.2) is 38.9 Å². The van der Waals surface area contributed by atoms with Gasteiger partial charge in [-0.15, -0.1) is 0 Å². The van der Waals surface area contributed by atoms with Crippen molar-refractivity contribution in [1.29, 1.82) is 5.26 Å². The Morgan fingerprint density at radius 2 is 1.48 bits per heavy atom. The smallest absolute Gasteiger partial charge is 0.243 e. The first-order valence-corrected chi connectivity index (χ1v) is 8.85. The van der Waals surface area contributed by atoms with Crippen LogP contribution in [0.1, 0.15) is 5.56 Å². The van der Waals surface area contributed by atoms with Gasteiger partial charge in [-0.1, -0.05) is 18.2 Å². The number of piperazine rings is 1. The maximum Gasteiger partial charge on any atom is 0.243 e. The molecule has 0 spiro atoms. The van der Waals surface area contributed by atoms with Crippen LogP contribution in [0.15, 0.2) is 59.5 Å². The Kier molecular flexibility index (Phi) is 4.33. The van der Waals surface area contributed by atoms with E-state index in [0.717, 1.165) is 5.69 Å². The minimum atomic E-state index is -3.50. The van der Waals surface area contributed by atoms with Gasteiger partial charge in [0.2, 0.25) is 10.0 Å². The highest BCUT2D eigenvalue weighted by molar-refractivity contribution is 7.89. The maximum atomic E-state index is 12.7. The van der Waals surface area contributed by atoms with Gasteiger partial charge < -0.3 is 4.90 Å². The van der Waals surface area contributed by atoms with E-state index in [9.17, 15) is 8.42 Å². The lowest BCUT2D eigenvalue weighted by Crippen LogP contribution is -2.48. The third kappa shape index (κ3) is 3.21. The highest BCUT2D eigenvalue weighted by Crippen LogP contribution is 2.21. The van der Waals surface area contributed by atoms with Crippen molar-refractivity contribution >= 4 is 15.7 Å². The summed E-state index contributed by atoms with van der Waals surface area (Å²) in [6.07, 6.45) is 0. The quantitative estimate of drug-likeness (QED) is 0.866. The Hall–Kier alpha value is -2.36. The van der Waals surface area contributed by atoms with E-state index < -0.39 is 10.0 Å². The number of hydrogen-bond donors (Lipinski definition) is 0. The largest absolute Gasteiger partial charge is 0.369 e. The third-order valence-electron chi connectivity index (χ3n) is 3.98. The monoisotopic (exact) mass is 327 g/mol. The number of nitriles is 1. The first-order valence-electron chi connectivity index (χ1n) is 7.41. The van der Waals surface area contributed by atoms with Gasteiger partial charge in [0.1, 0.15) is 0 Å². The normalized spacial score (nSPS) is 16.0. The summed E-state index contributed by atoms with van der Waals surface area (Å²) in [5.41, 5.74) is 1.57. The molecule has 0 unspecified atom stereocenters. The average molecular weight is 327 g/mol. The molecule has 3 rings (SSSR count). The van der Waals surface area contributed by atoms with Crippen molar-refractivity contribution in [2.24, 2.45) is 0 Å². The molecule has 1 aliphatic rings. The van der Waals surface area contributed by atoms with Gasteiger partial charge >= 0.3 is 0 Å². The molecular formula is C17H17N3O2S. The first-order chi connectivity index (χ1) is 11.1. The zero-order chi connectivity index (χ0) is 16.3. The Morgan fingerprint density at radius 3 is 2.04 bits per heavy atom. The molecule has 1 fully saturated rings. The van der Waals surface area contributed by atoms with Crippen LogP contribution in [0.4, 0.5) is 5.69 Å². The number of benzene rings is 2. The van der Waals surface area contributed by atoms with E-state index in [1.807, 2.05) is 36.4 Å². The summed E-state index contributed by atoms with van der Waals surface area (Å²) in [6.45, 7) is 2.24. The number of anilines is 1.